The van der Waals surface area contributed by atoms with E-state index in [9.17, 15) is 0 Å². The molecule has 2 heteroatoms. The van der Waals surface area contributed by atoms with Crippen molar-refractivity contribution in [2.45, 2.75) is 11.6 Å². The summed E-state index contributed by atoms with van der Waals surface area (Å²) in [5, 5.41) is 2.42. The summed E-state index contributed by atoms with van der Waals surface area (Å²) >= 11 is 0. The smallest absolute Gasteiger partial charge is 0.0944 e. The van der Waals surface area contributed by atoms with Crippen LogP contribution in [0, 0.1) is 0 Å². The van der Waals surface area contributed by atoms with Crippen molar-refractivity contribution in [1.82, 2.24) is 0 Å². The molecule has 0 aliphatic heterocycles. The number of hydrogen-bond donors (Lipinski definition) is 2. The molecule has 1 atom stereocenters. The Hall–Kier alpha value is -2.42. The lowest BCUT2D eigenvalue weighted by molar-refractivity contribution is 0.485. The lowest BCUT2D eigenvalue weighted by atomic mass is 9.74. The van der Waals surface area contributed by atoms with Gasteiger partial charge >= 0.3 is 0 Å². The SMILES string of the molecule is NC1(N)C=Cc2ccccc2[C@H]1c1cccc2ccccc12. The molecule has 4 rings (SSSR count). The van der Waals surface area contributed by atoms with Crippen LogP contribution in [0.25, 0.3) is 16.8 Å². The minimum Gasteiger partial charge on any atom is -0.309 e. The monoisotopic (exact) mass is 286 g/mol. The van der Waals surface area contributed by atoms with Gasteiger partial charge in [-0.2, -0.15) is 0 Å². The number of hydrogen-bond acceptors (Lipinski definition) is 2. The molecule has 0 saturated heterocycles. The van der Waals surface area contributed by atoms with E-state index in [-0.39, 0.29) is 5.92 Å². The van der Waals surface area contributed by atoms with E-state index in [2.05, 4.69) is 54.6 Å². The summed E-state index contributed by atoms with van der Waals surface area (Å²) in [5.74, 6) is -0.0557. The fraction of sp³-hybridized carbons (Fsp3) is 0.100. The molecular formula is C20H18N2. The molecule has 2 nitrogen and oxygen atoms in total. The standard InChI is InChI=1S/C20H18N2/c21-20(22)13-12-15-7-2-4-10-17(15)19(20)18-11-5-8-14-6-1-3-9-16(14)18/h1-13,19H,21-22H2/t19-/m0/s1. The average molecular weight is 286 g/mol. The molecule has 0 spiro atoms. The Bertz CT molecular complexity index is 872. The van der Waals surface area contributed by atoms with Crippen LogP contribution in [0.1, 0.15) is 22.6 Å². The second-order valence-corrected chi connectivity index (χ2v) is 5.96. The van der Waals surface area contributed by atoms with Gasteiger partial charge in [0, 0.05) is 5.92 Å². The molecule has 0 unspecified atom stereocenters. The summed E-state index contributed by atoms with van der Waals surface area (Å²) < 4.78 is 0. The van der Waals surface area contributed by atoms with Crippen molar-refractivity contribution >= 4 is 16.8 Å². The molecule has 0 aromatic heterocycles. The molecule has 0 radical (unpaired) electrons. The first-order valence-electron chi connectivity index (χ1n) is 7.50. The molecule has 3 aromatic carbocycles. The van der Waals surface area contributed by atoms with Crippen LogP contribution in [0.15, 0.2) is 72.8 Å². The van der Waals surface area contributed by atoms with Crippen LogP contribution in [0.5, 0.6) is 0 Å². The maximum atomic E-state index is 6.45. The van der Waals surface area contributed by atoms with Crippen molar-refractivity contribution in [2.75, 3.05) is 0 Å². The number of fused-ring (bicyclic) bond motifs is 2. The minimum absolute atomic E-state index is 0.0557. The van der Waals surface area contributed by atoms with Gasteiger partial charge in [-0.25, -0.2) is 0 Å². The second-order valence-electron chi connectivity index (χ2n) is 5.96. The van der Waals surface area contributed by atoms with Gasteiger partial charge in [-0.15, -0.1) is 0 Å². The minimum atomic E-state index is -0.890. The summed E-state index contributed by atoms with van der Waals surface area (Å²) in [6, 6.07) is 23.0. The van der Waals surface area contributed by atoms with Gasteiger partial charge in [0.15, 0.2) is 0 Å². The van der Waals surface area contributed by atoms with Crippen LogP contribution < -0.4 is 11.5 Å². The van der Waals surface area contributed by atoms with E-state index in [1.807, 2.05) is 24.3 Å². The Morgan fingerprint density at radius 2 is 1.41 bits per heavy atom. The summed E-state index contributed by atoms with van der Waals surface area (Å²) in [5.41, 5.74) is 15.6. The van der Waals surface area contributed by atoms with Crippen LogP contribution in [-0.4, -0.2) is 5.66 Å². The van der Waals surface area contributed by atoms with Crippen molar-refractivity contribution < 1.29 is 0 Å². The molecule has 0 heterocycles. The Kier molecular flexibility index (Phi) is 2.89. The zero-order chi connectivity index (χ0) is 15.2. The molecule has 0 fully saturated rings. The third-order valence-electron chi connectivity index (χ3n) is 4.49. The second kappa shape index (κ2) is 4.80. The number of rotatable bonds is 1. The van der Waals surface area contributed by atoms with Gasteiger partial charge in [-0.1, -0.05) is 72.8 Å². The zero-order valence-electron chi connectivity index (χ0n) is 12.2. The molecule has 1 aliphatic carbocycles. The van der Waals surface area contributed by atoms with Crippen LogP contribution >= 0.6 is 0 Å². The van der Waals surface area contributed by atoms with Crippen molar-refractivity contribution in [3.8, 4) is 0 Å². The molecular weight excluding hydrogens is 268 g/mol. The van der Waals surface area contributed by atoms with Crippen molar-refractivity contribution in [2.24, 2.45) is 11.5 Å². The van der Waals surface area contributed by atoms with E-state index in [1.54, 1.807) is 0 Å². The molecule has 0 bridgehead atoms. The quantitative estimate of drug-likeness (QED) is 0.671. The predicted molar refractivity (Wildman–Crippen MR) is 92.4 cm³/mol. The zero-order valence-corrected chi connectivity index (χ0v) is 12.2. The lowest BCUT2D eigenvalue weighted by Gasteiger charge is -2.36. The first-order chi connectivity index (χ1) is 10.7. The lowest BCUT2D eigenvalue weighted by Crippen LogP contribution is -2.54. The van der Waals surface area contributed by atoms with Crippen molar-refractivity contribution in [3.63, 3.8) is 0 Å². The summed E-state index contributed by atoms with van der Waals surface area (Å²) in [7, 11) is 0. The van der Waals surface area contributed by atoms with Crippen LogP contribution in [0.3, 0.4) is 0 Å². The van der Waals surface area contributed by atoms with Gasteiger partial charge in [0.2, 0.25) is 0 Å². The highest BCUT2D eigenvalue weighted by atomic mass is 15.0. The Morgan fingerprint density at radius 3 is 2.32 bits per heavy atom. The fourth-order valence-electron chi connectivity index (χ4n) is 3.46. The van der Waals surface area contributed by atoms with Gasteiger partial charge < -0.3 is 11.5 Å². The number of benzene rings is 3. The Balaban J connectivity index is 2.02. The highest BCUT2D eigenvalue weighted by Gasteiger charge is 2.35. The molecule has 4 N–H and O–H groups in total. The van der Waals surface area contributed by atoms with E-state index in [4.69, 9.17) is 11.5 Å². The van der Waals surface area contributed by atoms with Gasteiger partial charge in [0.25, 0.3) is 0 Å². The van der Waals surface area contributed by atoms with Crippen molar-refractivity contribution in [3.05, 3.63) is 89.5 Å². The summed E-state index contributed by atoms with van der Waals surface area (Å²) in [4.78, 5) is 0. The maximum Gasteiger partial charge on any atom is 0.0944 e. The number of nitrogens with two attached hydrogens (primary N) is 2. The van der Waals surface area contributed by atoms with Crippen LogP contribution in [-0.2, 0) is 0 Å². The molecule has 0 saturated carbocycles. The first-order valence-corrected chi connectivity index (χ1v) is 7.50. The highest BCUT2D eigenvalue weighted by molar-refractivity contribution is 5.87. The van der Waals surface area contributed by atoms with Crippen molar-refractivity contribution in [1.29, 1.82) is 0 Å². The van der Waals surface area contributed by atoms with E-state index < -0.39 is 5.66 Å². The van der Waals surface area contributed by atoms with Gasteiger partial charge in [-0.3, -0.25) is 0 Å². The molecule has 1 aliphatic rings. The maximum absolute atomic E-state index is 6.45. The Morgan fingerprint density at radius 1 is 0.727 bits per heavy atom. The van der Waals surface area contributed by atoms with E-state index in [0.717, 1.165) is 0 Å². The Labute approximate surface area is 130 Å². The van der Waals surface area contributed by atoms with Gasteiger partial charge in [0.05, 0.1) is 5.66 Å². The highest BCUT2D eigenvalue weighted by Crippen LogP contribution is 2.40. The van der Waals surface area contributed by atoms with Gasteiger partial charge in [0.1, 0.15) is 0 Å². The predicted octanol–water partition coefficient (Wildman–Crippen LogP) is 3.61. The first kappa shape index (κ1) is 13.3. The van der Waals surface area contributed by atoms with Crippen LogP contribution in [0.4, 0.5) is 0 Å². The molecule has 22 heavy (non-hydrogen) atoms. The van der Waals surface area contributed by atoms with E-state index in [1.165, 1.54) is 27.5 Å². The van der Waals surface area contributed by atoms with Crippen LogP contribution in [0.2, 0.25) is 0 Å². The molecule has 0 amide bonds. The molecule has 108 valence electrons. The topological polar surface area (TPSA) is 52.0 Å². The van der Waals surface area contributed by atoms with E-state index >= 15 is 0 Å². The third kappa shape index (κ3) is 1.97. The summed E-state index contributed by atoms with van der Waals surface area (Å²) in [6.07, 6.45) is 3.94. The van der Waals surface area contributed by atoms with Gasteiger partial charge in [-0.05, 0) is 33.5 Å². The largest absolute Gasteiger partial charge is 0.309 e. The molecule has 3 aromatic rings. The summed E-state index contributed by atoms with van der Waals surface area (Å²) in [6.45, 7) is 0. The average Bonchev–Trinajstić information content (AvgIpc) is 2.54. The van der Waals surface area contributed by atoms with E-state index in [0.29, 0.717) is 0 Å². The fourth-order valence-corrected chi connectivity index (χ4v) is 3.46. The normalized spacial score (nSPS) is 19.1. The third-order valence-corrected chi connectivity index (χ3v) is 4.49.